The van der Waals surface area contributed by atoms with E-state index in [9.17, 15) is 0 Å². The van der Waals surface area contributed by atoms with Gasteiger partial charge in [-0.05, 0) is 24.6 Å². The molecule has 0 atom stereocenters. The fourth-order valence-electron chi connectivity index (χ4n) is 1.17. The highest BCUT2D eigenvalue weighted by atomic mass is 79.9. The van der Waals surface area contributed by atoms with E-state index in [0.29, 0.717) is 6.61 Å². The van der Waals surface area contributed by atoms with Crippen LogP contribution < -0.4 is 10.1 Å². The first-order valence-electron chi connectivity index (χ1n) is 4.94. The minimum Gasteiger partial charge on any atom is -0.492 e. The van der Waals surface area contributed by atoms with E-state index in [-0.39, 0.29) is 0 Å². The predicted molar refractivity (Wildman–Crippen MR) is 67.4 cm³/mol. The first-order valence-corrected chi connectivity index (χ1v) is 5.74. The number of rotatable bonds is 6. The molecule has 0 unspecified atom stereocenters. The highest BCUT2D eigenvalue weighted by molar-refractivity contribution is 9.10. The second-order valence-corrected chi connectivity index (χ2v) is 4.17. The molecule has 82 valence electrons. The zero-order chi connectivity index (χ0) is 11.1. The Kier molecular flexibility index (Phi) is 5.43. The number of benzene rings is 1. The van der Waals surface area contributed by atoms with Crippen LogP contribution in [0, 0.1) is 6.92 Å². The van der Waals surface area contributed by atoms with Crippen molar-refractivity contribution < 1.29 is 4.74 Å². The van der Waals surface area contributed by atoms with Crippen LogP contribution in [0.1, 0.15) is 5.56 Å². The molecule has 0 saturated heterocycles. The largest absolute Gasteiger partial charge is 0.492 e. The van der Waals surface area contributed by atoms with Crippen molar-refractivity contribution in [1.82, 2.24) is 5.32 Å². The number of halogens is 1. The van der Waals surface area contributed by atoms with Crippen LogP contribution in [0.25, 0.3) is 0 Å². The van der Waals surface area contributed by atoms with Crippen molar-refractivity contribution in [3.05, 3.63) is 40.9 Å². The average molecular weight is 270 g/mol. The van der Waals surface area contributed by atoms with E-state index in [4.69, 9.17) is 4.74 Å². The lowest BCUT2D eigenvalue weighted by molar-refractivity contribution is 0.314. The Bertz CT molecular complexity index is 325. The molecule has 2 nitrogen and oxygen atoms in total. The van der Waals surface area contributed by atoms with E-state index in [1.54, 1.807) is 0 Å². The summed E-state index contributed by atoms with van der Waals surface area (Å²) in [5, 5.41) is 3.18. The molecule has 0 fully saturated rings. The molecular weight excluding hydrogens is 254 g/mol. The van der Waals surface area contributed by atoms with Crippen LogP contribution in [0.15, 0.2) is 35.3 Å². The van der Waals surface area contributed by atoms with Gasteiger partial charge in [0, 0.05) is 17.6 Å². The molecule has 15 heavy (non-hydrogen) atoms. The number of aryl methyl sites for hydroxylation is 1. The Morgan fingerprint density at radius 1 is 1.53 bits per heavy atom. The SMILES string of the molecule is C=CCNCCOc1cc(Br)ccc1C. The summed E-state index contributed by atoms with van der Waals surface area (Å²) in [7, 11) is 0. The number of nitrogens with one attached hydrogen (secondary N) is 1. The lowest BCUT2D eigenvalue weighted by atomic mass is 10.2. The summed E-state index contributed by atoms with van der Waals surface area (Å²) in [5.74, 6) is 0.935. The molecular formula is C12H16BrNO. The number of ether oxygens (including phenoxy) is 1. The van der Waals surface area contributed by atoms with E-state index < -0.39 is 0 Å². The first kappa shape index (κ1) is 12.3. The first-order chi connectivity index (χ1) is 7.24. The van der Waals surface area contributed by atoms with Crippen LogP contribution in [-0.4, -0.2) is 19.7 Å². The molecule has 0 amide bonds. The molecule has 0 bridgehead atoms. The van der Waals surface area contributed by atoms with Gasteiger partial charge in [0.15, 0.2) is 0 Å². The van der Waals surface area contributed by atoms with E-state index >= 15 is 0 Å². The summed E-state index contributed by atoms with van der Waals surface area (Å²) in [4.78, 5) is 0. The average Bonchev–Trinajstić information content (AvgIpc) is 2.23. The molecule has 0 radical (unpaired) electrons. The molecule has 0 saturated carbocycles. The monoisotopic (exact) mass is 269 g/mol. The third-order valence-electron chi connectivity index (χ3n) is 1.98. The summed E-state index contributed by atoms with van der Waals surface area (Å²) in [6, 6.07) is 6.04. The molecule has 1 N–H and O–H groups in total. The maximum Gasteiger partial charge on any atom is 0.123 e. The normalized spacial score (nSPS) is 10.0. The van der Waals surface area contributed by atoms with E-state index in [0.717, 1.165) is 28.9 Å². The molecule has 0 heterocycles. The Labute approximate surface area is 99.5 Å². The van der Waals surface area contributed by atoms with Crippen molar-refractivity contribution in [2.24, 2.45) is 0 Å². The third-order valence-corrected chi connectivity index (χ3v) is 2.47. The van der Waals surface area contributed by atoms with Gasteiger partial charge in [-0.1, -0.05) is 28.1 Å². The van der Waals surface area contributed by atoms with Gasteiger partial charge in [0.25, 0.3) is 0 Å². The van der Waals surface area contributed by atoms with Gasteiger partial charge < -0.3 is 10.1 Å². The van der Waals surface area contributed by atoms with Crippen molar-refractivity contribution in [1.29, 1.82) is 0 Å². The Morgan fingerprint density at radius 3 is 3.07 bits per heavy atom. The molecule has 0 aliphatic carbocycles. The van der Waals surface area contributed by atoms with Gasteiger partial charge in [0.05, 0.1) is 0 Å². The molecule has 3 heteroatoms. The fraction of sp³-hybridized carbons (Fsp3) is 0.333. The Balaban J connectivity index is 2.36. The predicted octanol–water partition coefficient (Wildman–Crippen LogP) is 2.91. The Hall–Kier alpha value is -0.800. The molecule has 0 aromatic heterocycles. The van der Waals surface area contributed by atoms with Crippen LogP contribution in [0.4, 0.5) is 0 Å². The van der Waals surface area contributed by atoms with Crippen LogP contribution in [-0.2, 0) is 0 Å². The standard InChI is InChI=1S/C12H16BrNO/c1-3-6-14-7-8-15-12-9-11(13)5-4-10(12)2/h3-5,9,14H,1,6-8H2,2H3. The van der Waals surface area contributed by atoms with Crippen molar-refractivity contribution in [3.8, 4) is 5.75 Å². The summed E-state index contributed by atoms with van der Waals surface area (Å²) >= 11 is 3.42. The van der Waals surface area contributed by atoms with Crippen LogP contribution in [0.3, 0.4) is 0 Å². The number of hydrogen-bond donors (Lipinski definition) is 1. The minimum absolute atomic E-state index is 0.672. The van der Waals surface area contributed by atoms with Crippen molar-refractivity contribution in [3.63, 3.8) is 0 Å². The summed E-state index contributed by atoms with van der Waals surface area (Å²) in [6.45, 7) is 8.00. The molecule has 1 aromatic carbocycles. The highest BCUT2D eigenvalue weighted by Crippen LogP contribution is 2.22. The zero-order valence-corrected chi connectivity index (χ0v) is 10.5. The van der Waals surface area contributed by atoms with Gasteiger partial charge in [-0.15, -0.1) is 6.58 Å². The van der Waals surface area contributed by atoms with Crippen LogP contribution in [0.5, 0.6) is 5.75 Å². The lowest BCUT2D eigenvalue weighted by Gasteiger charge is -2.09. The second kappa shape index (κ2) is 6.64. The molecule has 1 aromatic rings. The van der Waals surface area contributed by atoms with E-state index in [1.807, 2.05) is 31.2 Å². The van der Waals surface area contributed by atoms with E-state index in [1.165, 1.54) is 0 Å². The van der Waals surface area contributed by atoms with Gasteiger partial charge in [-0.2, -0.15) is 0 Å². The maximum absolute atomic E-state index is 5.64. The number of hydrogen-bond acceptors (Lipinski definition) is 2. The van der Waals surface area contributed by atoms with E-state index in [2.05, 4.69) is 27.8 Å². The molecule has 0 aliphatic heterocycles. The van der Waals surface area contributed by atoms with Gasteiger partial charge in [-0.25, -0.2) is 0 Å². The van der Waals surface area contributed by atoms with Gasteiger partial charge >= 0.3 is 0 Å². The maximum atomic E-state index is 5.64. The van der Waals surface area contributed by atoms with Crippen LogP contribution in [0.2, 0.25) is 0 Å². The Morgan fingerprint density at radius 2 is 2.33 bits per heavy atom. The highest BCUT2D eigenvalue weighted by Gasteiger charge is 1.99. The molecule has 0 spiro atoms. The van der Waals surface area contributed by atoms with Gasteiger partial charge in [-0.3, -0.25) is 0 Å². The quantitative estimate of drug-likeness (QED) is 0.634. The molecule has 1 rings (SSSR count). The topological polar surface area (TPSA) is 21.3 Å². The fourth-order valence-corrected chi connectivity index (χ4v) is 1.51. The summed E-state index contributed by atoms with van der Waals surface area (Å²) in [6.07, 6.45) is 1.84. The smallest absolute Gasteiger partial charge is 0.123 e. The minimum atomic E-state index is 0.672. The zero-order valence-electron chi connectivity index (χ0n) is 8.92. The van der Waals surface area contributed by atoms with Crippen LogP contribution >= 0.6 is 15.9 Å². The lowest BCUT2D eigenvalue weighted by Crippen LogP contribution is -2.20. The van der Waals surface area contributed by atoms with Crippen molar-refractivity contribution >= 4 is 15.9 Å². The summed E-state index contributed by atoms with van der Waals surface area (Å²) < 4.78 is 6.68. The van der Waals surface area contributed by atoms with Crippen molar-refractivity contribution in [2.75, 3.05) is 19.7 Å². The van der Waals surface area contributed by atoms with Gasteiger partial charge in [0.2, 0.25) is 0 Å². The second-order valence-electron chi connectivity index (χ2n) is 3.25. The molecule has 0 aliphatic rings. The van der Waals surface area contributed by atoms with Crippen molar-refractivity contribution in [2.45, 2.75) is 6.92 Å². The van der Waals surface area contributed by atoms with Gasteiger partial charge in [0.1, 0.15) is 12.4 Å². The third kappa shape index (κ3) is 4.49. The summed E-state index contributed by atoms with van der Waals surface area (Å²) in [5.41, 5.74) is 1.15.